The van der Waals surface area contributed by atoms with Gasteiger partial charge in [0.1, 0.15) is 12.4 Å². The number of nitrogens with one attached hydrogen (secondary N) is 1. The number of amides is 1. The first-order valence-electron chi connectivity index (χ1n) is 4.62. The highest BCUT2D eigenvalue weighted by Crippen LogP contribution is 2.11. The van der Waals surface area contributed by atoms with Gasteiger partial charge in [0.25, 0.3) is 0 Å². The van der Waals surface area contributed by atoms with E-state index in [-0.39, 0.29) is 12.0 Å². The molecule has 5 nitrogen and oxygen atoms in total. The Morgan fingerprint density at radius 2 is 2.71 bits per heavy atom. The Morgan fingerprint density at radius 3 is 3.50 bits per heavy atom. The number of carbonyl (C=O) groups is 1. The molecule has 5 heteroatoms. The molecule has 1 unspecified atom stereocenters. The van der Waals surface area contributed by atoms with Crippen LogP contribution < -0.4 is 5.32 Å². The van der Waals surface area contributed by atoms with Crippen molar-refractivity contribution in [3.05, 3.63) is 18.2 Å². The van der Waals surface area contributed by atoms with E-state index >= 15 is 0 Å². The van der Waals surface area contributed by atoms with Gasteiger partial charge in [-0.3, -0.25) is 4.79 Å². The molecule has 0 saturated heterocycles. The summed E-state index contributed by atoms with van der Waals surface area (Å²) in [5, 5.41) is 2.74. The SMILES string of the molecule is CC(=O)NCC1Cn2ccnc2CO1. The molecule has 1 atom stereocenters. The van der Waals surface area contributed by atoms with E-state index in [4.69, 9.17) is 4.74 Å². The lowest BCUT2D eigenvalue weighted by Crippen LogP contribution is -2.37. The van der Waals surface area contributed by atoms with E-state index < -0.39 is 0 Å². The van der Waals surface area contributed by atoms with Crippen LogP contribution in [-0.4, -0.2) is 28.1 Å². The highest BCUT2D eigenvalue weighted by Gasteiger charge is 2.18. The molecule has 0 saturated carbocycles. The van der Waals surface area contributed by atoms with Crippen molar-refractivity contribution in [2.45, 2.75) is 26.2 Å². The summed E-state index contributed by atoms with van der Waals surface area (Å²) in [6, 6.07) is 0. The Bertz CT molecular complexity index is 335. The van der Waals surface area contributed by atoms with Crippen LogP contribution in [0.4, 0.5) is 0 Å². The summed E-state index contributed by atoms with van der Waals surface area (Å²) in [6.07, 6.45) is 3.75. The molecular weight excluding hydrogens is 182 g/mol. The highest BCUT2D eigenvalue weighted by molar-refractivity contribution is 5.72. The van der Waals surface area contributed by atoms with Crippen molar-refractivity contribution in [2.75, 3.05) is 6.54 Å². The third-order valence-electron chi connectivity index (χ3n) is 2.23. The summed E-state index contributed by atoms with van der Waals surface area (Å²) in [6.45, 7) is 3.35. The summed E-state index contributed by atoms with van der Waals surface area (Å²) in [5.41, 5.74) is 0. The normalized spacial score (nSPS) is 20.2. The molecule has 1 aromatic heterocycles. The molecule has 14 heavy (non-hydrogen) atoms. The van der Waals surface area contributed by atoms with Crippen LogP contribution in [0.25, 0.3) is 0 Å². The first-order chi connectivity index (χ1) is 6.75. The van der Waals surface area contributed by atoms with Crippen LogP contribution in [0.3, 0.4) is 0 Å². The number of nitrogens with zero attached hydrogens (tertiary/aromatic N) is 2. The van der Waals surface area contributed by atoms with Crippen molar-refractivity contribution in [2.24, 2.45) is 0 Å². The van der Waals surface area contributed by atoms with Crippen molar-refractivity contribution >= 4 is 5.91 Å². The fraction of sp³-hybridized carbons (Fsp3) is 0.556. The summed E-state index contributed by atoms with van der Waals surface area (Å²) in [5.74, 6) is 0.925. The molecule has 1 amide bonds. The van der Waals surface area contributed by atoms with Crippen LogP contribution in [0.5, 0.6) is 0 Å². The van der Waals surface area contributed by atoms with Crippen molar-refractivity contribution in [1.82, 2.24) is 14.9 Å². The molecule has 2 heterocycles. The average molecular weight is 195 g/mol. The third kappa shape index (κ3) is 1.93. The first kappa shape index (κ1) is 9.21. The molecule has 2 rings (SSSR count). The van der Waals surface area contributed by atoms with E-state index in [1.54, 1.807) is 6.20 Å². The van der Waals surface area contributed by atoms with Crippen molar-refractivity contribution in [3.8, 4) is 0 Å². The Morgan fingerprint density at radius 1 is 1.86 bits per heavy atom. The minimum atomic E-state index is -0.0231. The summed E-state index contributed by atoms with van der Waals surface area (Å²) in [7, 11) is 0. The minimum Gasteiger partial charge on any atom is -0.367 e. The summed E-state index contributed by atoms with van der Waals surface area (Å²) in [4.78, 5) is 14.8. The van der Waals surface area contributed by atoms with Crippen LogP contribution in [-0.2, 0) is 22.7 Å². The number of ether oxygens (including phenoxy) is 1. The van der Waals surface area contributed by atoms with E-state index in [0.717, 1.165) is 12.4 Å². The summed E-state index contributed by atoms with van der Waals surface area (Å²) < 4.78 is 7.57. The van der Waals surface area contributed by atoms with Gasteiger partial charge in [-0.05, 0) is 0 Å². The number of fused-ring (bicyclic) bond motifs is 1. The maximum absolute atomic E-state index is 10.7. The van der Waals surface area contributed by atoms with E-state index in [1.165, 1.54) is 6.92 Å². The van der Waals surface area contributed by atoms with Crippen LogP contribution >= 0.6 is 0 Å². The van der Waals surface area contributed by atoms with E-state index in [0.29, 0.717) is 13.2 Å². The van der Waals surface area contributed by atoms with Crippen LogP contribution in [0.15, 0.2) is 12.4 Å². The lowest BCUT2D eigenvalue weighted by molar-refractivity contribution is -0.120. The minimum absolute atomic E-state index is 0.0231. The second kappa shape index (κ2) is 3.79. The van der Waals surface area contributed by atoms with Crippen LogP contribution in [0.1, 0.15) is 12.7 Å². The predicted molar refractivity (Wildman–Crippen MR) is 49.5 cm³/mol. The molecule has 0 aromatic carbocycles. The standard InChI is InChI=1S/C9H13N3O2/c1-7(13)11-4-8-5-12-3-2-10-9(12)6-14-8/h2-3,8H,4-6H2,1H3,(H,11,13). The van der Waals surface area contributed by atoms with Gasteiger partial charge in [-0.15, -0.1) is 0 Å². The van der Waals surface area contributed by atoms with E-state index in [9.17, 15) is 4.79 Å². The van der Waals surface area contributed by atoms with Gasteiger partial charge in [0.15, 0.2) is 0 Å². The van der Waals surface area contributed by atoms with Gasteiger partial charge < -0.3 is 14.6 Å². The number of imidazole rings is 1. The molecule has 0 spiro atoms. The third-order valence-corrected chi connectivity index (χ3v) is 2.23. The van der Waals surface area contributed by atoms with E-state index in [1.807, 2.05) is 6.20 Å². The zero-order valence-corrected chi connectivity index (χ0v) is 8.06. The molecule has 0 fully saturated rings. The summed E-state index contributed by atoms with van der Waals surface area (Å²) >= 11 is 0. The number of hydrogen-bond donors (Lipinski definition) is 1. The monoisotopic (exact) mass is 195 g/mol. The number of aromatic nitrogens is 2. The molecule has 0 radical (unpaired) electrons. The number of hydrogen-bond acceptors (Lipinski definition) is 3. The van der Waals surface area contributed by atoms with Crippen molar-refractivity contribution in [1.29, 1.82) is 0 Å². The van der Waals surface area contributed by atoms with Gasteiger partial charge >= 0.3 is 0 Å². The first-order valence-corrected chi connectivity index (χ1v) is 4.62. The molecule has 0 aliphatic carbocycles. The molecule has 76 valence electrons. The fourth-order valence-electron chi connectivity index (χ4n) is 1.49. The lowest BCUT2D eigenvalue weighted by Gasteiger charge is -2.24. The van der Waals surface area contributed by atoms with Gasteiger partial charge in [-0.25, -0.2) is 4.98 Å². The Balaban J connectivity index is 1.91. The smallest absolute Gasteiger partial charge is 0.216 e. The van der Waals surface area contributed by atoms with Crippen LogP contribution in [0.2, 0.25) is 0 Å². The Hall–Kier alpha value is -1.36. The maximum Gasteiger partial charge on any atom is 0.216 e. The van der Waals surface area contributed by atoms with Gasteiger partial charge in [0.05, 0.1) is 12.6 Å². The largest absolute Gasteiger partial charge is 0.367 e. The second-order valence-corrected chi connectivity index (χ2v) is 3.37. The fourth-order valence-corrected chi connectivity index (χ4v) is 1.49. The molecule has 1 aromatic rings. The molecule has 1 N–H and O–H groups in total. The Kier molecular flexibility index (Phi) is 2.49. The van der Waals surface area contributed by atoms with E-state index in [2.05, 4.69) is 14.9 Å². The second-order valence-electron chi connectivity index (χ2n) is 3.37. The number of rotatable bonds is 2. The van der Waals surface area contributed by atoms with Gasteiger partial charge in [0, 0.05) is 25.9 Å². The maximum atomic E-state index is 10.7. The molecule has 1 aliphatic heterocycles. The topological polar surface area (TPSA) is 56.2 Å². The molecule has 1 aliphatic rings. The van der Waals surface area contributed by atoms with Gasteiger partial charge in [0.2, 0.25) is 5.91 Å². The van der Waals surface area contributed by atoms with Crippen molar-refractivity contribution in [3.63, 3.8) is 0 Å². The molecule has 0 bridgehead atoms. The Labute approximate surface area is 82.1 Å². The van der Waals surface area contributed by atoms with Crippen LogP contribution in [0, 0.1) is 0 Å². The van der Waals surface area contributed by atoms with Gasteiger partial charge in [-0.1, -0.05) is 0 Å². The van der Waals surface area contributed by atoms with Crippen molar-refractivity contribution < 1.29 is 9.53 Å². The zero-order chi connectivity index (χ0) is 9.97. The number of carbonyl (C=O) groups excluding carboxylic acids is 1. The average Bonchev–Trinajstić information content (AvgIpc) is 2.61. The quantitative estimate of drug-likeness (QED) is 0.718. The zero-order valence-electron chi connectivity index (χ0n) is 8.06. The van der Waals surface area contributed by atoms with Gasteiger partial charge in [-0.2, -0.15) is 0 Å². The highest BCUT2D eigenvalue weighted by atomic mass is 16.5. The lowest BCUT2D eigenvalue weighted by atomic mass is 10.3. The molecular formula is C9H13N3O2. The predicted octanol–water partition coefficient (Wildman–Crippen LogP) is -0.0820.